The monoisotopic (exact) mass is 229 g/mol. The standard InChI is InChI=1S/C6H14O7P/c1-3-5(7)6(8)4(13-3)2-12-14(9,10)11/h3-11H,2H2,1H3/q+1/t3?,4-,5+,6-/m1/s1. The minimum absolute atomic E-state index is 0.389. The maximum absolute atomic E-state index is 9.34. The van der Waals surface area contributed by atoms with Crippen molar-refractivity contribution in [3.05, 3.63) is 0 Å². The Balaban J connectivity index is 2.40. The quantitative estimate of drug-likeness (QED) is 0.361. The van der Waals surface area contributed by atoms with Gasteiger partial charge in [0.15, 0.2) is 0 Å². The van der Waals surface area contributed by atoms with Gasteiger partial charge >= 0.3 is 8.17 Å². The molecule has 0 amide bonds. The highest BCUT2D eigenvalue weighted by Crippen LogP contribution is 2.46. The molecule has 1 saturated heterocycles. The molecule has 0 aliphatic carbocycles. The smallest absolute Gasteiger partial charge is 0.388 e. The van der Waals surface area contributed by atoms with E-state index in [-0.39, 0.29) is 6.61 Å². The second kappa shape index (κ2) is 4.34. The number of ether oxygens (including phenoxy) is 1. The molecule has 14 heavy (non-hydrogen) atoms. The zero-order valence-electron chi connectivity index (χ0n) is 7.52. The first-order chi connectivity index (χ1) is 6.31. The number of aliphatic hydroxyl groups excluding tert-OH is 2. The molecule has 1 fully saturated rings. The van der Waals surface area contributed by atoms with Gasteiger partial charge in [-0.2, -0.15) is 19.2 Å². The van der Waals surface area contributed by atoms with Crippen LogP contribution in [0.15, 0.2) is 0 Å². The fourth-order valence-electron chi connectivity index (χ4n) is 1.25. The Bertz CT molecular complexity index is 193. The molecule has 84 valence electrons. The SMILES string of the molecule is CC1O[C@H](CO[P+](O)(O)O)[C@@H](O)[C@H]1O. The summed E-state index contributed by atoms with van der Waals surface area (Å²) in [7, 11) is -4.31. The highest BCUT2D eigenvalue weighted by molar-refractivity contribution is 7.53. The van der Waals surface area contributed by atoms with Crippen LogP contribution in [0, 0.1) is 0 Å². The average Bonchev–Trinajstić information content (AvgIpc) is 2.28. The molecule has 0 spiro atoms. The van der Waals surface area contributed by atoms with Crippen molar-refractivity contribution in [2.45, 2.75) is 31.3 Å². The Morgan fingerprint density at radius 3 is 2.14 bits per heavy atom. The van der Waals surface area contributed by atoms with Crippen molar-refractivity contribution in [2.75, 3.05) is 6.61 Å². The predicted molar refractivity (Wildman–Crippen MR) is 45.9 cm³/mol. The average molecular weight is 229 g/mol. The van der Waals surface area contributed by atoms with Crippen molar-refractivity contribution < 1.29 is 34.2 Å². The van der Waals surface area contributed by atoms with Crippen molar-refractivity contribution >= 4 is 8.17 Å². The number of hydrogen-bond donors (Lipinski definition) is 5. The summed E-state index contributed by atoms with van der Waals surface area (Å²) in [6.45, 7) is 1.17. The lowest BCUT2D eigenvalue weighted by atomic mass is 10.1. The molecule has 1 rings (SSSR count). The molecule has 0 saturated carbocycles. The lowest BCUT2D eigenvalue weighted by Gasteiger charge is -2.13. The van der Waals surface area contributed by atoms with Crippen LogP contribution in [0.25, 0.3) is 0 Å². The third kappa shape index (κ3) is 3.08. The molecule has 0 aromatic heterocycles. The summed E-state index contributed by atoms with van der Waals surface area (Å²) in [4.78, 5) is 25.5. The molecule has 0 bridgehead atoms. The van der Waals surface area contributed by atoms with Crippen LogP contribution in [0.3, 0.4) is 0 Å². The zero-order valence-corrected chi connectivity index (χ0v) is 8.41. The highest BCUT2D eigenvalue weighted by Gasteiger charge is 2.43. The van der Waals surface area contributed by atoms with E-state index in [9.17, 15) is 10.2 Å². The molecule has 0 radical (unpaired) electrons. The van der Waals surface area contributed by atoms with E-state index >= 15 is 0 Å². The van der Waals surface area contributed by atoms with Gasteiger partial charge in [-0.3, -0.25) is 0 Å². The van der Waals surface area contributed by atoms with Crippen LogP contribution < -0.4 is 0 Å². The summed E-state index contributed by atoms with van der Waals surface area (Å²) in [6.07, 6.45) is -3.61. The second-order valence-electron chi connectivity index (χ2n) is 3.17. The molecule has 8 heteroatoms. The Hall–Kier alpha value is 0.150. The van der Waals surface area contributed by atoms with E-state index in [4.69, 9.17) is 19.4 Å². The van der Waals surface area contributed by atoms with Crippen LogP contribution in [0.1, 0.15) is 6.92 Å². The Kier molecular flexibility index (Phi) is 3.79. The number of hydrogen-bond acceptors (Lipinski definition) is 7. The fraction of sp³-hybridized carbons (Fsp3) is 1.00. The Morgan fingerprint density at radius 2 is 1.79 bits per heavy atom. The summed E-state index contributed by atoms with van der Waals surface area (Å²) >= 11 is 0. The van der Waals surface area contributed by atoms with E-state index in [0.29, 0.717) is 0 Å². The third-order valence-corrected chi connectivity index (χ3v) is 2.51. The molecule has 0 aromatic rings. The molecule has 5 N–H and O–H groups in total. The summed E-state index contributed by atoms with van der Waals surface area (Å²) in [5.41, 5.74) is 0. The molecular weight excluding hydrogens is 215 g/mol. The van der Waals surface area contributed by atoms with Crippen LogP contribution in [0.2, 0.25) is 0 Å². The zero-order chi connectivity index (χ0) is 10.9. The molecule has 1 aliphatic heterocycles. The molecule has 1 unspecified atom stereocenters. The lowest BCUT2D eigenvalue weighted by molar-refractivity contribution is -0.0206. The van der Waals surface area contributed by atoms with Crippen LogP contribution in [0.4, 0.5) is 0 Å². The first-order valence-electron chi connectivity index (χ1n) is 4.04. The maximum atomic E-state index is 9.34. The lowest BCUT2D eigenvalue weighted by Crippen LogP contribution is -2.33. The van der Waals surface area contributed by atoms with E-state index in [0.717, 1.165) is 0 Å². The maximum Gasteiger partial charge on any atom is 0.567 e. The first kappa shape index (κ1) is 12.2. The van der Waals surface area contributed by atoms with Crippen LogP contribution >= 0.6 is 8.17 Å². The van der Waals surface area contributed by atoms with Gasteiger partial charge in [0, 0.05) is 0 Å². The third-order valence-electron chi connectivity index (χ3n) is 2.01. The molecule has 7 nitrogen and oxygen atoms in total. The van der Waals surface area contributed by atoms with Gasteiger partial charge in [0.25, 0.3) is 0 Å². The number of rotatable bonds is 3. The summed E-state index contributed by atoms with van der Waals surface area (Å²) in [5.74, 6) is 0. The minimum atomic E-state index is -4.31. The van der Waals surface area contributed by atoms with Crippen LogP contribution in [0.5, 0.6) is 0 Å². The van der Waals surface area contributed by atoms with E-state index in [1.807, 2.05) is 0 Å². The van der Waals surface area contributed by atoms with Crippen LogP contribution in [-0.2, 0) is 9.26 Å². The molecule has 1 aliphatic rings. The van der Waals surface area contributed by atoms with Gasteiger partial charge in [0.05, 0.1) is 6.10 Å². The minimum Gasteiger partial charge on any atom is -0.388 e. The molecule has 1 heterocycles. The van der Waals surface area contributed by atoms with Crippen molar-refractivity contribution in [1.82, 2.24) is 0 Å². The van der Waals surface area contributed by atoms with Gasteiger partial charge in [-0.05, 0) is 6.92 Å². The van der Waals surface area contributed by atoms with Crippen LogP contribution in [-0.4, -0.2) is 55.9 Å². The largest absolute Gasteiger partial charge is 0.567 e. The predicted octanol–water partition coefficient (Wildman–Crippen LogP) is -1.83. The van der Waals surface area contributed by atoms with Gasteiger partial charge in [-0.25, -0.2) is 0 Å². The van der Waals surface area contributed by atoms with E-state index in [1.54, 1.807) is 6.92 Å². The van der Waals surface area contributed by atoms with Gasteiger partial charge in [-0.1, -0.05) is 0 Å². The normalized spacial score (nSPS) is 39.0. The second-order valence-corrected chi connectivity index (χ2v) is 4.45. The van der Waals surface area contributed by atoms with Crippen molar-refractivity contribution in [3.63, 3.8) is 0 Å². The van der Waals surface area contributed by atoms with E-state index in [1.165, 1.54) is 0 Å². The highest BCUT2D eigenvalue weighted by atomic mass is 31.2. The van der Waals surface area contributed by atoms with Crippen molar-refractivity contribution in [3.8, 4) is 0 Å². The number of aliphatic hydroxyl groups is 2. The Labute approximate surface area is 81.2 Å². The van der Waals surface area contributed by atoms with E-state index in [2.05, 4.69) is 4.52 Å². The summed E-state index contributed by atoms with van der Waals surface area (Å²) in [5, 5.41) is 18.6. The Morgan fingerprint density at radius 1 is 1.21 bits per heavy atom. The topological polar surface area (TPSA) is 120 Å². The van der Waals surface area contributed by atoms with Gasteiger partial charge < -0.3 is 14.9 Å². The molecule has 4 atom stereocenters. The fourth-order valence-corrected chi connectivity index (χ4v) is 1.59. The van der Waals surface area contributed by atoms with Gasteiger partial charge in [0.1, 0.15) is 24.9 Å². The summed E-state index contributed by atoms with van der Waals surface area (Å²) in [6, 6.07) is 0. The van der Waals surface area contributed by atoms with Gasteiger partial charge in [0.2, 0.25) is 0 Å². The summed E-state index contributed by atoms with van der Waals surface area (Å²) < 4.78 is 9.30. The van der Waals surface area contributed by atoms with E-state index < -0.39 is 32.6 Å². The van der Waals surface area contributed by atoms with Gasteiger partial charge in [-0.15, -0.1) is 0 Å². The first-order valence-corrected chi connectivity index (χ1v) is 5.61. The van der Waals surface area contributed by atoms with Crippen molar-refractivity contribution in [2.24, 2.45) is 0 Å². The molecule has 0 aromatic carbocycles. The molecular formula is C6H14O7P+. The van der Waals surface area contributed by atoms with Crippen molar-refractivity contribution in [1.29, 1.82) is 0 Å².